The molecule has 1 aliphatic heterocycles. The second kappa shape index (κ2) is 3.00. The van der Waals surface area contributed by atoms with E-state index in [2.05, 4.69) is 5.32 Å². The Hall–Kier alpha value is -1.09. The van der Waals surface area contributed by atoms with Crippen LogP contribution in [-0.4, -0.2) is 12.1 Å². The van der Waals surface area contributed by atoms with E-state index < -0.39 is 0 Å². The van der Waals surface area contributed by atoms with E-state index in [1.54, 1.807) is 12.1 Å². The van der Waals surface area contributed by atoms with Crippen LogP contribution in [0.5, 0.6) is 0 Å². The molecule has 0 saturated heterocycles. The van der Waals surface area contributed by atoms with Gasteiger partial charge in [0.2, 0.25) is 0 Å². The van der Waals surface area contributed by atoms with Crippen LogP contribution in [0.1, 0.15) is 12.5 Å². The lowest BCUT2D eigenvalue weighted by Crippen LogP contribution is -2.36. The second-order valence-corrected chi connectivity index (χ2v) is 3.62. The predicted octanol–water partition coefficient (Wildman–Crippen LogP) is 1.51. The van der Waals surface area contributed by atoms with Crippen molar-refractivity contribution in [3.05, 3.63) is 29.6 Å². The summed E-state index contributed by atoms with van der Waals surface area (Å²) in [6.45, 7) is 1.96. The third-order valence-electron chi connectivity index (χ3n) is 2.48. The number of hydrogen-bond donors (Lipinski definition) is 2. The van der Waals surface area contributed by atoms with Gasteiger partial charge in [-0.3, -0.25) is 0 Å². The summed E-state index contributed by atoms with van der Waals surface area (Å²) in [6.07, 6.45) is 0.824. The third kappa shape index (κ3) is 1.52. The fraction of sp³-hybridized carbons (Fsp3) is 0.400. The van der Waals surface area contributed by atoms with E-state index in [1.165, 1.54) is 6.07 Å². The highest BCUT2D eigenvalue weighted by molar-refractivity contribution is 5.57. The molecule has 0 aromatic heterocycles. The highest BCUT2D eigenvalue weighted by atomic mass is 19.1. The number of benzene rings is 1. The Labute approximate surface area is 76.9 Å². The summed E-state index contributed by atoms with van der Waals surface area (Å²) >= 11 is 0. The van der Waals surface area contributed by atoms with Gasteiger partial charge < -0.3 is 11.1 Å². The summed E-state index contributed by atoms with van der Waals surface area (Å²) in [5, 5.41) is 3.27. The third-order valence-corrected chi connectivity index (χ3v) is 2.48. The fourth-order valence-electron chi connectivity index (χ4n) is 1.68. The molecule has 3 heteroatoms. The Morgan fingerprint density at radius 3 is 3.08 bits per heavy atom. The lowest BCUT2D eigenvalue weighted by Gasteiger charge is -2.14. The van der Waals surface area contributed by atoms with Crippen LogP contribution in [0, 0.1) is 5.82 Å². The molecule has 1 aromatic rings. The number of nitrogens with two attached hydrogens (primary N) is 1. The standard InChI is InChI=1S/C10H13FN2/c1-6(12)10-5-7-4-8(11)2-3-9(7)13-10/h2-4,6,10,13H,5,12H2,1H3. The van der Waals surface area contributed by atoms with Crippen LogP contribution in [-0.2, 0) is 6.42 Å². The largest absolute Gasteiger partial charge is 0.380 e. The summed E-state index contributed by atoms with van der Waals surface area (Å²) in [5.41, 5.74) is 7.81. The first-order chi connectivity index (χ1) is 6.16. The van der Waals surface area contributed by atoms with Crippen molar-refractivity contribution in [3.8, 4) is 0 Å². The smallest absolute Gasteiger partial charge is 0.123 e. The van der Waals surface area contributed by atoms with Crippen molar-refractivity contribution in [2.45, 2.75) is 25.4 Å². The molecule has 1 aromatic carbocycles. The molecular formula is C10H13FN2. The van der Waals surface area contributed by atoms with E-state index in [4.69, 9.17) is 5.73 Å². The van der Waals surface area contributed by atoms with Crippen molar-refractivity contribution in [3.63, 3.8) is 0 Å². The van der Waals surface area contributed by atoms with Crippen LogP contribution in [0.25, 0.3) is 0 Å². The van der Waals surface area contributed by atoms with Gasteiger partial charge in [-0.2, -0.15) is 0 Å². The SMILES string of the molecule is CC(N)C1Cc2cc(F)ccc2N1. The minimum Gasteiger partial charge on any atom is -0.380 e. The summed E-state index contributed by atoms with van der Waals surface area (Å²) in [7, 11) is 0. The quantitative estimate of drug-likeness (QED) is 0.687. The molecular weight excluding hydrogens is 167 g/mol. The fourth-order valence-corrected chi connectivity index (χ4v) is 1.68. The zero-order valence-electron chi connectivity index (χ0n) is 7.55. The molecule has 0 spiro atoms. The molecule has 70 valence electrons. The maximum Gasteiger partial charge on any atom is 0.123 e. The molecule has 2 rings (SSSR count). The number of anilines is 1. The molecule has 0 amide bonds. The first kappa shape index (κ1) is 8.51. The lowest BCUT2D eigenvalue weighted by molar-refractivity contribution is 0.607. The van der Waals surface area contributed by atoms with Gasteiger partial charge in [0.1, 0.15) is 5.82 Å². The highest BCUT2D eigenvalue weighted by Crippen LogP contribution is 2.27. The van der Waals surface area contributed by atoms with Crippen LogP contribution in [0.4, 0.5) is 10.1 Å². The Balaban J connectivity index is 2.25. The monoisotopic (exact) mass is 180 g/mol. The van der Waals surface area contributed by atoms with Crippen molar-refractivity contribution < 1.29 is 4.39 Å². The minimum absolute atomic E-state index is 0.0930. The average molecular weight is 180 g/mol. The van der Waals surface area contributed by atoms with E-state index >= 15 is 0 Å². The topological polar surface area (TPSA) is 38.0 Å². The molecule has 1 aliphatic rings. The summed E-state index contributed by atoms with van der Waals surface area (Å²) < 4.78 is 12.8. The van der Waals surface area contributed by atoms with Crippen molar-refractivity contribution in [2.24, 2.45) is 5.73 Å². The predicted molar refractivity (Wildman–Crippen MR) is 51.2 cm³/mol. The maximum absolute atomic E-state index is 12.8. The Bertz CT molecular complexity index is 323. The molecule has 1 heterocycles. The van der Waals surface area contributed by atoms with Crippen LogP contribution < -0.4 is 11.1 Å². The Morgan fingerprint density at radius 1 is 1.62 bits per heavy atom. The van der Waals surface area contributed by atoms with Crippen molar-refractivity contribution in [2.75, 3.05) is 5.32 Å². The number of nitrogens with one attached hydrogen (secondary N) is 1. The van der Waals surface area contributed by atoms with Gasteiger partial charge >= 0.3 is 0 Å². The van der Waals surface area contributed by atoms with Gasteiger partial charge in [0.25, 0.3) is 0 Å². The van der Waals surface area contributed by atoms with E-state index in [0.29, 0.717) is 0 Å². The number of rotatable bonds is 1. The molecule has 3 N–H and O–H groups in total. The average Bonchev–Trinajstić information content (AvgIpc) is 2.46. The Kier molecular flexibility index (Phi) is 1.96. The Morgan fingerprint density at radius 2 is 2.38 bits per heavy atom. The van der Waals surface area contributed by atoms with Crippen LogP contribution in [0.15, 0.2) is 18.2 Å². The molecule has 13 heavy (non-hydrogen) atoms. The van der Waals surface area contributed by atoms with Crippen molar-refractivity contribution in [1.82, 2.24) is 0 Å². The van der Waals surface area contributed by atoms with Crippen LogP contribution in [0.2, 0.25) is 0 Å². The van der Waals surface area contributed by atoms with Gasteiger partial charge in [-0.15, -0.1) is 0 Å². The minimum atomic E-state index is -0.175. The zero-order chi connectivity index (χ0) is 9.42. The lowest BCUT2D eigenvalue weighted by atomic mass is 10.1. The molecule has 0 bridgehead atoms. The van der Waals surface area contributed by atoms with Gasteiger partial charge in [-0.05, 0) is 37.1 Å². The van der Waals surface area contributed by atoms with Gasteiger partial charge in [0.05, 0.1) is 0 Å². The van der Waals surface area contributed by atoms with E-state index in [-0.39, 0.29) is 17.9 Å². The number of halogens is 1. The zero-order valence-corrected chi connectivity index (χ0v) is 7.55. The molecule has 0 fully saturated rings. The second-order valence-electron chi connectivity index (χ2n) is 3.62. The number of hydrogen-bond acceptors (Lipinski definition) is 2. The molecule has 2 atom stereocenters. The number of fused-ring (bicyclic) bond motifs is 1. The molecule has 0 radical (unpaired) electrons. The van der Waals surface area contributed by atoms with Gasteiger partial charge in [-0.1, -0.05) is 0 Å². The van der Waals surface area contributed by atoms with Gasteiger partial charge in [0, 0.05) is 17.8 Å². The van der Waals surface area contributed by atoms with Crippen molar-refractivity contribution in [1.29, 1.82) is 0 Å². The summed E-state index contributed by atoms with van der Waals surface area (Å²) in [4.78, 5) is 0. The first-order valence-corrected chi connectivity index (χ1v) is 4.47. The van der Waals surface area contributed by atoms with Gasteiger partial charge in [0.15, 0.2) is 0 Å². The van der Waals surface area contributed by atoms with E-state index in [9.17, 15) is 4.39 Å². The highest BCUT2D eigenvalue weighted by Gasteiger charge is 2.23. The van der Waals surface area contributed by atoms with E-state index in [0.717, 1.165) is 17.7 Å². The van der Waals surface area contributed by atoms with Gasteiger partial charge in [-0.25, -0.2) is 4.39 Å². The van der Waals surface area contributed by atoms with E-state index in [1.807, 2.05) is 6.92 Å². The molecule has 2 unspecified atom stereocenters. The molecule has 2 nitrogen and oxygen atoms in total. The molecule has 0 aliphatic carbocycles. The first-order valence-electron chi connectivity index (χ1n) is 4.47. The maximum atomic E-state index is 12.8. The van der Waals surface area contributed by atoms with Crippen molar-refractivity contribution >= 4 is 5.69 Å². The summed E-state index contributed by atoms with van der Waals surface area (Å²) in [6, 6.07) is 5.15. The van der Waals surface area contributed by atoms with Crippen LogP contribution >= 0.6 is 0 Å². The summed E-state index contributed by atoms with van der Waals surface area (Å²) in [5.74, 6) is -0.175. The molecule has 0 saturated carbocycles. The van der Waals surface area contributed by atoms with Crippen LogP contribution in [0.3, 0.4) is 0 Å². The normalized spacial score (nSPS) is 22.2.